The molecule has 2 heterocycles. The number of aryl methyl sites for hydroxylation is 2. The van der Waals surface area contributed by atoms with Gasteiger partial charge in [-0.3, -0.25) is 9.78 Å². The topological polar surface area (TPSA) is 58.5 Å². The van der Waals surface area contributed by atoms with E-state index in [2.05, 4.69) is 38.8 Å². The van der Waals surface area contributed by atoms with Crippen LogP contribution in [0.4, 0.5) is 5.69 Å². The van der Waals surface area contributed by atoms with E-state index in [0.717, 1.165) is 28.8 Å². The first-order chi connectivity index (χ1) is 8.72. The average molecular weight is 241 g/mol. The van der Waals surface area contributed by atoms with Gasteiger partial charge in [0.15, 0.2) is 0 Å². The molecule has 0 saturated carbocycles. The van der Waals surface area contributed by atoms with E-state index in [1.165, 1.54) is 5.56 Å². The lowest BCUT2D eigenvalue weighted by Crippen LogP contribution is -1.99. The number of rotatable bonds is 3. The molecule has 0 fully saturated rings. The predicted molar refractivity (Wildman–Crippen MR) is 71.4 cm³/mol. The highest BCUT2D eigenvalue weighted by atomic mass is 15.2. The van der Waals surface area contributed by atoms with Crippen LogP contribution in [-0.4, -0.2) is 20.0 Å². The summed E-state index contributed by atoms with van der Waals surface area (Å²) in [6.45, 7) is 2.80. The van der Waals surface area contributed by atoms with Crippen molar-refractivity contribution in [2.45, 2.75) is 13.5 Å². The van der Waals surface area contributed by atoms with Crippen LogP contribution in [0.15, 0.2) is 30.6 Å². The summed E-state index contributed by atoms with van der Waals surface area (Å²) in [5, 5.41) is 15.8. The van der Waals surface area contributed by atoms with Gasteiger partial charge in [0.05, 0.1) is 17.4 Å². The lowest BCUT2D eigenvalue weighted by Gasteiger charge is -2.05. The molecule has 0 radical (unpaired) electrons. The Morgan fingerprint density at radius 2 is 2.28 bits per heavy atom. The van der Waals surface area contributed by atoms with Gasteiger partial charge in [-0.15, -0.1) is 0 Å². The van der Waals surface area contributed by atoms with Crippen molar-refractivity contribution in [3.05, 3.63) is 41.9 Å². The Bertz CT molecular complexity index is 680. The Balaban J connectivity index is 1.78. The summed E-state index contributed by atoms with van der Waals surface area (Å²) in [7, 11) is 1.94. The average Bonchev–Trinajstić information content (AvgIpc) is 2.92. The minimum Gasteiger partial charge on any atom is -0.381 e. The van der Waals surface area contributed by atoms with Crippen molar-refractivity contribution in [3.8, 4) is 0 Å². The Labute approximate surface area is 105 Å². The molecule has 2 aromatic heterocycles. The van der Waals surface area contributed by atoms with E-state index < -0.39 is 0 Å². The van der Waals surface area contributed by atoms with Crippen LogP contribution in [0.25, 0.3) is 10.9 Å². The predicted octanol–water partition coefficient (Wildman–Crippen LogP) is 2.22. The van der Waals surface area contributed by atoms with E-state index in [0.29, 0.717) is 0 Å². The number of hydrogen-bond donors (Lipinski definition) is 2. The number of benzene rings is 1. The Hall–Kier alpha value is -2.30. The normalized spacial score (nSPS) is 11.0. The molecule has 18 heavy (non-hydrogen) atoms. The van der Waals surface area contributed by atoms with Crippen LogP contribution in [0, 0.1) is 6.92 Å². The number of nitrogens with one attached hydrogen (secondary N) is 2. The number of fused-ring (bicyclic) bond motifs is 1. The first-order valence-corrected chi connectivity index (χ1v) is 5.88. The molecule has 0 unspecified atom stereocenters. The molecule has 0 aliphatic carbocycles. The summed E-state index contributed by atoms with van der Waals surface area (Å²) >= 11 is 0. The van der Waals surface area contributed by atoms with Crippen molar-refractivity contribution >= 4 is 16.6 Å². The van der Waals surface area contributed by atoms with Crippen molar-refractivity contribution in [3.63, 3.8) is 0 Å². The molecule has 0 spiro atoms. The third kappa shape index (κ3) is 1.95. The molecule has 2 N–H and O–H groups in total. The number of H-pyrrole nitrogens is 1. The van der Waals surface area contributed by atoms with E-state index in [1.54, 1.807) is 0 Å². The third-order valence-corrected chi connectivity index (χ3v) is 3.04. The molecule has 5 heteroatoms. The molecule has 0 saturated heterocycles. The standard InChI is InChI=1S/C13H15N5/c1-9-11(8-18(2)17-9)6-14-12-4-3-10-7-15-16-13(10)5-12/h3-5,7-8,14H,6H2,1-2H3,(H,15,16). The van der Waals surface area contributed by atoms with Gasteiger partial charge in [0.1, 0.15) is 0 Å². The quantitative estimate of drug-likeness (QED) is 0.739. The minimum atomic E-state index is 0.777. The first kappa shape index (κ1) is 10.8. The summed E-state index contributed by atoms with van der Waals surface area (Å²) in [5.74, 6) is 0. The second-order valence-corrected chi connectivity index (χ2v) is 4.44. The molecule has 3 rings (SSSR count). The second-order valence-electron chi connectivity index (χ2n) is 4.44. The fourth-order valence-corrected chi connectivity index (χ4v) is 2.07. The summed E-state index contributed by atoms with van der Waals surface area (Å²) in [4.78, 5) is 0. The van der Waals surface area contributed by atoms with Gasteiger partial charge >= 0.3 is 0 Å². The summed E-state index contributed by atoms with van der Waals surface area (Å²) in [6, 6.07) is 6.18. The number of nitrogens with zero attached hydrogens (tertiary/aromatic N) is 3. The fraction of sp³-hybridized carbons (Fsp3) is 0.231. The van der Waals surface area contributed by atoms with Crippen LogP contribution in [0.2, 0.25) is 0 Å². The van der Waals surface area contributed by atoms with Crippen molar-refractivity contribution in [2.24, 2.45) is 7.05 Å². The van der Waals surface area contributed by atoms with Crippen LogP contribution >= 0.6 is 0 Å². The molecule has 5 nitrogen and oxygen atoms in total. The monoisotopic (exact) mass is 241 g/mol. The van der Waals surface area contributed by atoms with Gasteiger partial charge in [0, 0.05) is 36.4 Å². The van der Waals surface area contributed by atoms with Gasteiger partial charge in [-0.05, 0) is 25.1 Å². The van der Waals surface area contributed by atoms with Crippen LogP contribution in [-0.2, 0) is 13.6 Å². The van der Waals surface area contributed by atoms with Crippen molar-refractivity contribution in [1.29, 1.82) is 0 Å². The molecule has 0 aliphatic heterocycles. The fourth-order valence-electron chi connectivity index (χ4n) is 2.07. The Morgan fingerprint density at radius 1 is 1.39 bits per heavy atom. The van der Waals surface area contributed by atoms with Crippen molar-refractivity contribution in [2.75, 3.05) is 5.32 Å². The molecule has 0 aliphatic rings. The first-order valence-electron chi connectivity index (χ1n) is 5.88. The van der Waals surface area contributed by atoms with Crippen molar-refractivity contribution < 1.29 is 0 Å². The number of aromatic amines is 1. The van der Waals surface area contributed by atoms with E-state index >= 15 is 0 Å². The van der Waals surface area contributed by atoms with E-state index in [-0.39, 0.29) is 0 Å². The zero-order chi connectivity index (χ0) is 12.5. The van der Waals surface area contributed by atoms with Gasteiger partial charge in [-0.1, -0.05) is 0 Å². The lowest BCUT2D eigenvalue weighted by molar-refractivity contribution is 0.756. The maximum absolute atomic E-state index is 4.33. The Kier molecular flexibility index (Phi) is 2.51. The highest BCUT2D eigenvalue weighted by Gasteiger charge is 2.03. The largest absolute Gasteiger partial charge is 0.381 e. The zero-order valence-corrected chi connectivity index (χ0v) is 10.4. The summed E-state index contributed by atoms with van der Waals surface area (Å²) in [5.41, 5.74) is 4.40. The maximum atomic E-state index is 4.33. The molecule has 0 amide bonds. The molecule has 92 valence electrons. The highest BCUT2D eigenvalue weighted by molar-refractivity contribution is 5.81. The van der Waals surface area contributed by atoms with E-state index in [4.69, 9.17) is 0 Å². The van der Waals surface area contributed by atoms with Crippen LogP contribution < -0.4 is 5.32 Å². The second kappa shape index (κ2) is 4.18. The molecule has 0 bridgehead atoms. The van der Waals surface area contributed by atoms with E-state index in [9.17, 15) is 0 Å². The molecule has 3 aromatic rings. The van der Waals surface area contributed by atoms with Gasteiger partial charge < -0.3 is 5.32 Å². The Morgan fingerprint density at radius 3 is 3.06 bits per heavy atom. The van der Waals surface area contributed by atoms with Crippen molar-refractivity contribution in [1.82, 2.24) is 20.0 Å². The lowest BCUT2D eigenvalue weighted by atomic mass is 10.2. The number of aromatic nitrogens is 4. The van der Waals surface area contributed by atoms with Gasteiger partial charge in [0.25, 0.3) is 0 Å². The maximum Gasteiger partial charge on any atom is 0.0670 e. The zero-order valence-electron chi connectivity index (χ0n) is 10.4. The molecule has 1 aromatic carbocycles. The minimum absolute atomic E-state index is 0.777. The van der Waals surface area contributed by atoms with Gasteiger partial charge in [-0.2, -0.15) is 10.2 Å². The summed E-state index contributed by atoms with van der Waals surface area (Å²) in [6.07, 6.45) is 3.86. The van der Waals surface area contributed by atoms with Crippen LogP contribution in [0.5, 0.6) is 0 Å². The SMILES string of the molecule is Cc1nn(C)cc1CNc1ccc2cn[nH]c2c1. The van der Waals surface area contributed by atoms with Gasteiger partial charge in [0.2, 0.25) is 0 Å². The number of anilines is 1. The van der Waals surface area contributed by atoms with Crippen LogP contribution in [0.1, 0.15) is 11.3 Å². The van der Waals surface area contributed by atoms with Gasteiger partial charge in [-0.25, -0.2) is 0 Å². The summed E-state index contributed by atoms with van der Waals surface area (Å²) < 4.78 is 1.84. The third-order valence-electron chi connectivity index (χ3n) is 3.04. The van der Waals surface area contributed by atoms with Crippen LogP contribution in [0.3, 0.4) is 0 Å². The highest BCUT2D eigenvalue weighted by Crippen LogP contribution is 2.17. The molecular weight excluding hydrogens is 226 g/mol. The smallest absolute Gasteiger partial charge is 0.0670 e. The molecular formula is C13H15N5. The van der Waals surface area contributed by atoms with E-state index in [1.807, 2.05) is 31.0 Å². The molecule has 0 atom stereocenters. The number of hydrogen-bond acceptors (Lipinski definition) is 3.